The van der Waals surface area contributed by atoms with E-state index >= 15 is 0 Å². The van der Waals surface area contributed by atoms with Gasteiger partial charge in [-0.1, -0.05) is 5.21 Å². The molecule has 0 aliphatic carbocycles. The molecule has 0 bridgehead atoms. The number of pyridine rings is 1. The number of nitrogens with one attached hydrogen (secondary N) is 1. The second-order valence-electron chi connectivity index (χ2n) is 5.48. The van der Waals surface area contributed by atoms with Crippen LogP contribution < -0.4 is 10.2 Å². The smallest absolute Gasteiger partial charge is 0.251 e. The van der Waals surface area contributed by atoms with Crippen molar-refractivity contribution in [3.05, 3.63) is 66.2 Å². The molecule has 0 unspecified atom stereocenters. The molecule has 0 radical (unpaired) electrons. The maximum atomic E-state index is 12.2. The maximum Gasteiger partial charge on any atom is 0.251 e. The molecule has 0 saturated heterocycles. The molecule has 24 heavy (non-hydrogen) atoms. The van der Waals surface area contributed by atoms with Crippen molar-refractivity contribution in [2.24, 2.45) is 0 Å². The third kappa shape index (κ3) is 3.57. The van der Waals surface area contributed by atoms with Crippen LogP contribution in [0.2, 0.25) is 0 Å². The van der Waals surface area contributed by atoms with Crippen LogP contribution in [0, 0.1) is 0 Å². The van der Waals surface area contributed by atoms with Crippen LogP contribution in [0.1, 0.15) is 16.1 Å². The summed E-state index contributed by atoms with van der Waals surface area (Å²) in [5, 5.41) is 11.0. The lowest BCUT2D eigenvalue weighted by Gasteiger charge is -2.12. The zero-order chi connectivity index (χ0) is 16.9. The second-order valence-corrected chi connectivity index (χ2v) is 5.48. The molecule has 0 aliphatic rings. The molecule has 0 aliphatic heterocycles. The molecule has 1 N–H and O–H groups in total. The molecule has 122 valence electrons. The zero-order valence-corrected chi connectivity index (χ0v) is 13.5. The first-order valence-corrected chi connectivity index (χ1v) is 7.51. The molecule has 3 rings (SSSR count). The lowest BCUT2D eigenvalue weighted by molar-refractivity contribution is 0.0950. The Morgan fingerprint density at radius 3 is 2.50 bits per heavy atom. The van der Waals surface area contributed by atoms with E-state index in [9.17, 15) is 4.79 Å². The first-order valence-electron chi connectivity index (χ1n) is 7.51. The number of anilines is 1. The molecule has 7 nitrogen and oxygen atoms in total. The van der Waals surface area contributed by atoms with Gasteiger partial charge in [-0.15, -0.1) is 5.10 Å². The highest BCUT2D eigenvalue weighted by atomic mass is 16.1. The van der Waals surface area contributed by atoms with Crippen LogP contribution in [0.4, 0.5) is 5.69 Å². The van der Waals surface area contributed by atoms with E-state index < -0.39 is 0 Å². The van der Waals surface area contributed by atoms with Gasteiger partial charge < -0.3 is 10.2 Å². The van der Waals surface area contributed by atoms with E-state index in [4.69, 9.17) is 0 Å². The van der Waals surface area contributed by atoms with Crippen molar-refractivity contribution < 1.29 is 4.79 Å². The standard InChI is InChI=1S/C17H18N6O/c1-22(2)15-5-3-13(4-6-15)17(24)19-11-14-12-23(21-20-14)16-7-9-18-10-8-16/h3-10,12H,11H2,1-2H3,(H,19,24). The summed E-state index contributed by atoms with van der Waals surface area (Å²) in [7, 11) is 3.92. The molecular weight excluding hydrogens is 304 g/mol. The predicted octanol–water partition coefficient (Wildman–Crippen LogP) is 1.66. The lowest BCUT2D eigenvalue weighted by Crippen LogP contribution is -2.23. The highest BCUT2D eigenvalue weighted by Gasteiger charge is 2.08. The number of rotatable bonds is 5. The number of hydrogen-bond acceptors (Lipinski definition) is 5. The number of carbonyl (C=O) groups is 1. The van der Waals surface area contributed by atoms with Crippen LogP contribution in [-0.2, 0) is 6.54 Å². The number of aromatic nitrogens is 4. The first kappa shape index (κ1) is 15.7. The van der Waals surface area contributed by atoms with Gasteiger partial charge in [0, 0.05) is 37.7 Å². The van der Waals surface area contributed by atoms with Crippen molar-refractivity contribution in [3.8, 4) is 5.69 Å². The fourth-order valence-corrected chi connectivity index (χ4v) is 2.19. The summed E-state index contributed by atoms with van der Waals surface area (Å²) < 4.78 is 1.65. The Morgan fingerprint density at radius 1 is 1.12 bits per heavy atom. The highest BCUT2D eigenvalue weighted by molar-refractivity contribution is 5.94. The van der Waals surface area contributed by atoms with Crippen LogP contribution in [-0.4, -0.2) is 40.0 Å². The molecule has 1 amide bonds. The summed E-state index contributed by atoms with van der Waals surface area (Å²) in [6.45, 7) is 0.319. The number of benzene rings is 1. The van der Waals surface area contributed by atoms with Gasteiger partial charge in [0.15, 0.2) is 0 Å². The summed E-state index contributed by atoms with van der Waals surface area (Å²) in [5.74, 6) is -0.140. The summed E-state index contributed by atoms with van der Waals surface area (Å²) in [4.78, 5) is 18.1. The lowest BCUT2D eigenvalue weighted by atomic mass is 10.2. The quantitative estimate of drug-likeness (QED) is 0.773. The van der Waals surface area contributed by atoms with Crippen LogP contribution in [0.5, 0.6) is 0 Å². The van der Waals surface area contributed by atoms with Crippen LogP contribution >= 0.6 is 0 Å². The van der Waals surface area contributed by atoms with E-state index in [1.807, 2.05) is 43.3 Å². The van der Waals surface area contributed by atoms with Gasteiger partial charge in [-0.3, -0.25) is 9.78 Å². The van der Waals surface area contributed by atoms with Crippen LogP contribution in [0.25, 0.3) is 5.69 Å². The van der Waals surface area contributed by atoms with E-state index in [0.29, 0.717) is 17.8 Å². The van der Waals surface area contributed by atoms with Gasteiger partial charge >= 0.3 is 0 Å². The van der Waals surface area contributed by atoms with E-state index in [1.165, 1.54) is 0 Å². The molecule has 3 aromatic rings. The fourth-order valence-electron chi connectivity index (χ4n) is 2.19. The summed E-state index contributed by atoms with van der Waals surface area (Å²) in [6.07, 6.45) is 5.16. The molecule has 0 atom stereocenters. The number of hydrogen-bond donors (Lipinski definition) is 1. The minimum Gasteiger partial charge on any atom is -0.378 e. The van der Waals surface area contributed by atoms with Gasteiger partial charge in [0.1, 0.15) is 5.69 Å². The third-order valence-corrected chi connectivity index (χ3v) is 3.54. The first-order chi connectivity index (χ1) is 11.6. The van der Waals surface area contributed by atoms with Gasteiger partial charge in [-0.05, 0) is 36.4 Å². The highest BCUT2D eigenvalue weighted by Crippen LogP contribution is 2.12. The minimum atomic E-state index is -0.140. The van der Waals surface area contributed by atoms with Crippen molar-refractivity contribution in [1.82, 2.24) is 25.3 Å². The van der Waals surface area contributed by atoms with Crippen molar-refractivity contribution >= 4 is 11.6 Å². The summed E-state index contributed by atoms with van der Waals surface area (Å²) in [6, 6.07) is 11.1. The third-order valence-electron chi connectivity index (χ3n) is 3.54. The number of nitrogens with zero attached hydrogens (tertiary/aromatic N) is 5. The van der Waals surface area contributed by atoms with E-state index in [-0.39, 0.29) is 5.91 Å². The van der Waals surface area contributed by atoms with E-state index in [2.05, 4.69) is 20.6 Å². The normalized spacial score (nSPS) is 10.4. The van der Waals surface area contributed by atoms with Gasteiger partial charge in [0.2, 0.25) is 0 Å². The average molecular weight is 322 g/mol. The Bertz CT molecular complexity index is 811. The zero-order valence-electron chi connectivity index (χ0n) is 13.5. The van der Waals surface area contributed by atoms with Gasteiger partial charge in [0.25, 0.3) is 5.91 Å². The molecular formula is C17H18N6O. The monoisotopic (exact) mass is 322 g/mol. The van der Waals surface area contributed by atoms with Crippen molar-refractivity contribution in [2.45, 2.75) is 6.54 Å². The van der Waals surface area contributed by atoms with Gasteiger partial charge in [-0.25, -0.2) is 4.68 Å². The SMILES string of the molecule is CN(C)c1ccc(C(=O)NCc2cn(-c3ccncc3)nn2)cc1. The molecule has 7 heteroatoms. The molecule has 1 aromatic carbocycles. The molecule has 2 heterocycles. The Labute approximate surface area is 139 Å². The van der Waals surface area contributed by atoms with Crippen molar-refractivity contribution in [3.63, 3.8) is 0 Å². The molecule has 0 saturated carbocycles. The van der Waals surface area contributed by atoms with Crippen LogP contribution in [0.3, 0.4) is 0 Å². The van der Waals surface area contributed by atoms with Crippen molar-refractivity contribution in [2.75, 3.05) is 19.0 Å². The molecule has 0 spiro atoms. The minimum absolute atomic E-state index is 0.140. The summed E-state index contributed by atoms with van der Waals surface area (Å²) in [5.41, 5.74) is 3.22. The van der Waals surface area contributed by atoms with Crippen molar-refractivity contribution in [1.29, 1.82) is 0 Å². The summed E-state index contributed by atoms with van der Waals surface area (Å²) >= 11 is 0. The second kappa shape index (κ2) is 6.91. The topological polar surface area (TPSA) is 75.9 Å². The van der Waals surface area contributed by atoms with Crippen LogP contribution in [0.15, 0.2) is 55.0 Å². The van der Waals surface area contributed by atoms with Gasteiger partial charge in [-0.2, -0.15) is 0 Å². The Morgan fingerprint density at radius 2 is 1.83 bits per heavy atom. The van der Waals surface area contributed by atoms with E-state index in [0.717, 1.165) is 11.4 Å². The Kier molecular flexibility index (Phi) is 4.51. The van der Waals surface area contributed by atoms with Gasteiger partial charge in [0.05, 0.1) is 18.4 Å². The molecule has 2 aromatic heterocycles. The Hall–Kier alpha value is -3.22. The maximum absolute atomic E-state index is 12.2. The predicted molar refractivity (Wildman–Crippen MR) is 91.1 cm³/mol. The fraction of sp³-hybridized carbons (Fsp3) is 0.176. The number of amides is 1. The van der Waals surface area contributed by atoms with E-state index in [1.54, 1.807) is 35.4 Å². The number of carbonyl (C=O) groups excluding carboxylic acids is 1. The average Bonchev–Trinajstić information content (AvgIpc) is 3.09. The Balaban J connectivity index is 1.61. The molecule has 0 fully saturated rings. The largest absolute Gasteiger partial charge is 0.378 e.